The van der Waals surface area contributed by atoms with E-state index in [1.54, 1.807) is 0 Å². The smallest absolute Gasteiger partial charge is 0.309 e. The van der Waals surface area contributed by atoms with E-state index in [0.717, 1.165) is 74.4 Å². The lowest BCUT2D eigenvalue weighted by atomic mass is 9.78. The highest BCUT2D eigenvalue weighted by Crippen LogP contribution is 2.51. The fourth-order valence-corrected chi connectivity index (χ4v) is 8.85. The van der Waals surface area contributed by atoms with Gasteiger partial charge in [-0.3, -0.25) is 4.79 Å². The first kappa shape index (κ1) is 34.5. The van der Waals surface area contributed by atoms with Gasteiger partial charge in [-0.25, -0.2) is 0 Å². The fraction of sp³-hybridized carbons (Fsp3) is 0.295. The largest absolute Gasteiger partial charge is 0.550 e. The van der Waals surface area contributed by atoms with E-state index in [2.05, 4.69) is 116 Å². The Kier molecular flexibility index (Phi) is 9.01. The maximum Gasteiger partial charge on any atom is 0.309 e. The van der Waals surface area contributed by atoms with Gasteiger partial charge in [0.1, 0.15) is 6.42 Å². The molecule has 1 N–H and O–H groups in total. The summed E-state index contributed by atoms with van der Waals surface area (Å²) in [6.07, 6.45) is 11.1. The van der Waals surface area contributed by atoms with E-state index in [9.17, 15) is 19.8 Å². The molecule has 0 fully saturated rings. The van der Waals surface area contributed by atoms with Crippen LogP contribution in [-0.4, -0.2) is 40.4 Å². The zero-order chi connectivity index (χ0) is 36.1. The van der Waals surface area contributed by atoms with Crippen molar-refractivity contribution in [1.29, 1.82) is 0 Å². The van der Waals surface area contributed by atoms with Crippen molar-refractivity contribution in [3.63, 3.8) is 0 Å². The van der Waals surface area contributed by atoms with Gasteiger partial charge in [0, 0.05) is 58.5 Å². The first-order valence-corrected chi connectivity index (χ1v) is 18.1. The zero-order valence-corrected chi connectivity index (χ0v) is 30.4. The lowest BCUT2D eigenvalue weighted by molar-refractivity contribution is -0.436. The molecule has 0 aromatic heterocycles. The first-order chi connectivity index (χ1) is 24.4. The van der Waals surface area contributed by atoms with E-state index < -0.39 is 11.9 Å². The summed E-state index contributed by atoms with van der Waals surface area (Å²) >= 11 is 7.21. The minimum absolute atomic E-state index is 0.0285. The van der Waals surface area contributed by atoms with Crippen LogP contribution < -0.4 is 10.0 Å². The summed E-state index contributed by atoms with van der Waals surface area (Å²) in [5.74, 6) is -1.90. The number of nitrogens with zero attached hydrogens (tertiary/aromatic N) is 2. The molecule has 0 atom stereocenters. The van der Waals surface area contributed by atoms with Crippen LogP contribution in [0.15, 0.2) is 119 Å². The molecule has 0 bridgehead atoms. The van der Waals surface area contributed by atoms with Gasteiger partial charge in [-0.1, -0.05) is 92.2 Å². The second-order valence-corrected chi connectivity index (χ2v) is 15.2. The average molecular weight is 699 g/mol. The van der Waals surface area contributed by atoms with Gasteiger partial charge in [-0.05, 0) is 89.6 Å². The average Bonchev–Trinajstić information content (AvgIpc) is 3.46. The molecule has 0 unspecified atom stereocenters. The monoisotopic (exact) mass is 698 g/mol. The van der Waals surface area contributed by atoms with Crippen molar-refractivity contribution >= 4 is 62.2 Å². The van der Waals surface area contributed by atoms with Crippen molar-refractivity contribution in [1.82, 2.24) is 0 Å². The molecule has 1 aliphatic carbocycles. The fourth-order valence-electron chi connectivity index (χ4n) is 8.53. The highest BCUT2D eigenvalue weighted by atomic mass is 35.5. The van der Waals surface area contributed by atoms with Gasteiger partial charge in [0.25, 0.3) is 0 Å². The predicted octanol–water partition coefficient (Wildman–Crippen LogP) is 8.83. The second kappa shape index (κ2) is 13.3. The van der Waals surface area contributed by atoms with Gasteiger partial charge < -0.3 is 19.9 Å². The third-order valence-electron chi connectivity index (χ3n) is 10.9. The third-order valence-corrected chi connectivity index (χ3v) is 11.4. The summed E-state index contributed by atoms with van der Waals surface area (Å²) in [6, 6.07) is 25.1. The molecule has 6 nitrogen and oxygen atoms in total. The molecule has 260 valence electrons. The molecule has 7 heteroatoms. The number of carboxylic acids is 2. The summed E-state index contributed by atoms with van der Waals surface area (Å²) < 4.78 is 2.16. The molecule has 2 aliphatic heterocycles. The van der Waals surface area contributed by atoms with Crippen LogP contribution in [0.4, 0.5) is 11.4 Å². The lowest BCUT2D eigenvalue weighted by Crippen LogP contribution is -2.31. The number of benzene rings is 4. The standard InChI is InChI=1S/C44H43ClN2O4/c1-43(2)36(46(26-24-38(48)49)34-20-16-28-10-5-7-14-32(28)40(34)43)22-18-30-12-9-13-31(42(30)45)19-23-37-44(3,4)41-33-15-8-6-11-29(33)17-21-35(41)47(37)27-25-39(50)51/h5-8,10-11,14-23H,9,12-13,24-27H2,1-4H3,(H-,48,49,50,51). The number of carboxylic acid groups (broad SMARTS) is 2. The van der Waals surface area contributed by atoms with E-state index in [0.29, 0.717) is 13.1 Å². The Hall–Kier alpha value is -4.94. The van der Waals surface area contributed by atoms with Gasteiger partial charge in [0.2, 0.25) is 5.69 Å². The summed E-state index contributed by atoms with van der Waals surface area (Å²) in [5, 5.41) is 26.6. The van der Waals surface area contributed by atoms with Crippen LogP contribution in [0.1, 0.15) is 70.9 Å². The van der Waals surface area contributed by atoms with Gasteiger partial charge in [-0.15, -0.1) is 0 Å². The Labute approximate surface area is 304 Å². The number of hydrogen-bond donors (Lipinski definition) is 1. The van der Waals surface area contributed by atoms with Crippen LogP contribution in [0.2, 0.25) is 0 Å². The number of hydrogen-bond acceptors (Lipinski definition) is 4. The summed E-state index contributed by atoms with van der Waals surface area (Å²) in [7, 11) is 0. The van der Waals surface area contributed by atoms with Crippen molar-refractivity contribution in [3.8, 4) is 0 Å². The predicted molar refractivity (Wildman–Crippen MR) is 205 cm³/mol. The van der Waals surface area contributed by atoms with E-state index in [1.165, 1.54) is 16.5 Å². The van der Waals surface area contributed by atoms with Gasteiger partial charge in [0.15, 0.2) is 12.3 Å². The number of carbonyl (C=O) groups excluding carboxylic acids is 1. The molecule has 0 saturated carbocycles. The van der Waals surface area contributed by atoms with E-state index in [-0.39, 0.29) is 23.7 Å². The molecule has 0 saturated heterocycles. The second-order valence-electron chi connectivity index (χ2n) is 14.8. The van der Waals surface area contributed by atoms with Crippen LogP contribution >= 0.6 is 11.6 Å². The molecular weight excluding hydrogens is 656 g/mol. The molecule has 0 radical (unpaired) electrons. The molecule has 3 aliphatic rings. The van der Waals surface area contributed by atoms with E-state index in [4.69, 9.17) is 11.6 Å². The Morgan fingerprint density at radius 1 is 0.843 bits per heavy atom. The lowest BCUT2D eigenvalue weighted by Gasteiger charge is -2.27. The summed E-state index contributed by atoms with van der Waals surface area (Å²) in [4.78, 5) is 25.5. The minimum Gasteiger partial charge on any atom is -0.550 e. The number of halogens is 1. The van der Waals surface area contributed by atoms with Crippen molar-refractivity contribution in [2.45, 2.75) is 70.6 Å². The molecular formula is C44H43ClN2O4. The van der Waals surface area contributed by atoms with E-state index in [1.807, 2.05) is 18.2 Å². The van der Waals surface area contributed by atoms with Crippen LogP contribution in [0, 0.1) is 0 Å². The first-order valence-electron chi connectivity index (χ1n) is 17.8. The Morgan fingerprint density at radius 3 is 2.20 bits per heavy atom. The van der Waals surface area contributed by atoms with Crippen LogP contribution in [0.3, 0.4) is 0 Å². The zero-order valence-electron chi connectivity index (χ0n) is 29.6. The summed E-state index contributed by atoms with van der Waals surface area (Å²) in [6.45, 7) is 9.51. The highest BCUT2D eigenvalue weighted by molar-refractivity contribution is 6.32. The highest BCUT2D eigenvalue weighted by Gasteiger charge is 2.46. The van der Waals surface area contributed by atoms with Gasteiger partial charge >= 0.3 is 5.97 Å². The maximum absolute atomic E-state index is 11.7. The Morgan fingerprint density at radius 2 is 1.51 bits per heavy atom. The number of carbonyl (C=O) groups is 2. The quantitative estimate of drug-likeness (QED) is 0.177. The van der Waals surface area contributed by atoms with Crippen LogP contribution in [-0.2, 0) is 20.4 Å². The molecule has 0 amide bonds. The van der Waals surface area contributed by atoms with Crippen molar-refractivity contribution in [3.05, 3.63) is 130 Å². The van der Waals surface area contributed by atoms with Crippen LogP contribution in [0.25, 0.3) is 21.5 Å². The SMILES string of the molecule is CC1(C)C(/C=C/C2=C(Cl)C(=C\C=C3/N(CCC(=O)[O-])c4ccc5ccccc5c4C3(C)C)/CCC2)=[N+](CCC(=O)O)c2ccc3ccccc3c21. The van der Waals surface area contributed by atoms with E-state index >= 15 is 0 Å². The molecule has 7 rings (SSSR count). The molecule has 0 spiro atoms. The van der Waals surface area contributed by atoms with Crippen molar-refractivity contribution in [2.24, 2.45) is 0 Å². The van der Waals surface area contributed by atoms with Gasteiger partial charge in [-0.2, -0.15) is 4.58 Å². The number of rotatable bonds is 9. The molecule has 51 heavy (non-hydrogen) atoms. The molecule has 4 aromatic carbocycles. The normalized spacial score (nSPS) is 19.6. The molecule has 2 heterocycles. The Balaban J connectivity index is 1.27. The number of fused-ring (bicyclic) bond motifs is 6. The number of anilines is 1. The minimum atomic E-state index is -1.07. The summed E-state index contributed by atoms with van der Waals surface area (Å²) in [5.41, 5.74) is 7.88. The van der Waals surface area contributed by atoms with Crippen molar-refractivity contribution in [2.75, 3.05) is 18.0 Å². The van der Waals surface area contributed by atoms with Crippen molar-refractivity contribution < 1.29 is 24.4 Å². The maximum atomic E-state index is 11.7. The van der Waals surface area contributed by atoms with Crippen LogP contribution in [0.5, 0.6) is 0 Å². The topological polar surface area (TPSA) is 83.7 Å². The number of allylic oxidation sites excluding steroid dienone is 8. The Bertz CT molecular complexity index is 2270. The molecule has 4 aromatic rings. The third kappa shape index (κ3) is 6.10. The van der Waals surface area contributed by atoms with Gasteiger partial charge in [0.05, 0.1) is 5.41 Å². The number of aliphatic carboxylic acids is 2.